The minimum Gasteiger partial charge on any atom is -0.384 e. The Kier molecular flexibility index (Phi) is 7.95. The van der Waals surface area contributed by atoms with Crippen molar-refractivity contribution >= 4 is 39.9 Å². The molecular weight excluding hydrogens is 500 g/mol. The number of nitrogens with one attached hydrogen (secondary N) is 1. The molecule has 8 nitrogen and oxygen atoms in total. The number of ether oxygens (including phenoxy) is 1. The van der Waals surface area contributed by atoms with E-state index in [1.807, 2.05) is 44.7 Å². The highest BCUT2D eigenvalue weighted by atomic mass is 35.5. The number of rotatable bonds is 6. The first kappa shape index (κ1) is 26.9. The lowest BCUT2D eigenvalue weighted by Gasteiger charge is -2.51. The number of halogens is 1. The number of thiazole rings is 1. The third-order valence-corrected chi connectivity index (χ3v) is 8.48. The summed E-state index contributed by atoms with van der Waals surface area (Å²) in [5.41, 5.74) is -0.836. The van der Waals surface area contributed by atoms with Gasteiger partial charge in [0.2, 0.25) is 5.91 Å². The standard InChI is InChI=1S/C26H35ClN4O4S/c1-17(2)21(29-24-28-15-20(36-24)22(32)30-11-13-35-14-12-30)23(33)31-10-9-26(34,25(3,4)16-31)18-5-7-19(27)8-6-18/h5-8,15,17,21,34H,9-14,16H2,1-4H3,(H,28,29)/t21-,26+/m1/s1. The van der Waals surface area contributed by atoms with Crippen LogP contribution in [0.5, 0.6) is 0 Å². The molecule has 0 spiro atoms. The fourth-order valence-corrected chi connectivity index (χ4v) is 5.92. The Bertz CT molecular complexity index is 1080. The molecule has 0 aliphatic carbocycles. The lowest BCUT2D eigenvalue weighted by Crippen LogP contribution is -2.59. The molecule has 10 heteroatoms. The number of carbonyl (C=O) groups excluding carboxylic acids is 2. The zero-order valence-corrected chi connectivity index (χ0v) is 22.9. The van der Waals surface area contributed by atoms with Gasteiger partial charge in [0.1, 0.15) is 10.9 Å². The summed E-state index contributed by atoms with van der Waals surface area (Å²) in [6, 6.07) is 6.79. The van der Waals surface area contributed by atoms with E-state index in [0.29, 0.717) is 60.8 Å². The molecule has 36 heavy (non-hydrogen) atoms. The van der Waals surface area contributed by atoms with Crippen LogP contribution in [0.3, 0.4) is 0 Å². The van der Waals surface area contributed by atoms with Crippen LogP contribution in [-0.2, 0) is 15.1 Å². The minimum absolute atomic E-state index is 0.0000163. The van der Waals surface area contributed by atoms with Gasteiger partial charge in [-0.3, -0.25) is 9.59 Å². The first-order valence-corrected chi connectivity index (χ1v) is 13.6. The molecule has 2 saturated heterocycles. The second-order valence-corrected chi connectivity index (χ2v) is 12.0. The second kappa shape index (κ2) is 10.7. The molecule has 196 valence electrons. The summed E-state index contributed by atoms with van der Waals surface area (Å²) < 4.78 is 5.33. The van der Waals surface area contributed by atoms with E-state index in [9.17, 15) is 14.7 Å². The second-order valence-electron chi connectivity index (χ2n) is 10.6. The number of hydrogen-bond acceptors (Lipinski definition) is 7. The van der Waals surface area contributed by atoms with Gasteiger partial charge < -0.3 is 25.0 Å². The summed E-state index contributed by atoms with van der Waals surface area (Å²) in [5, 5.41) is 16.1. The van der Waals surface area contributed by atoms with Gasteiger partial charge in [0, 0.05) is 36.6 Å². The van der Waals surface area contributed by atoms with Crippen LogP contribution >= 0.6 is 22.9 Å². The van der Waals surface area contributed by atoms with Crippen molar-refractivity contribution in [1.29, 1.82) is 0 Å². The van der Waals surface area contributed by atoms with Crippen molar-refractivity contribution in [3.05, 3.63) is 45.9 Å². The third-order valence-electron chi connectivity index (χ3n) is 7.31. The van der Waals surface area contributed by atoms with Gasteiger partial charge in [-0.2, -0.15) is 0 Å². The summed E-state index contributed by atoms with van der Waals surface area (Å²) >= 11 is 7.32. The molecule has 2 aliphatic rings. The largest absolute Gasteiger partial charge is 0.384 e. The zero-order valence-electron chi connectivity index (χ0n) is 21.3. The number of aliphatic hydroxyl groups is 1. The number of carbonyl (C=O) groups is 2. The Balaban J connectivity index is 1.45. The molecular formula is C26H35ClN4O4S. The molecule has 0 radical (unpaired) electrons. The maximum Gasteiger partial charge on any atom is 0.265 e. The molecule has 3 heterocycles. The molecule has 4 rings (SSSR count). The number of piperidine rings is 1. The Labute approximate surface area is 221 Å². The van der Waals surface area contributed by atoms with Crippen LogP contribution in [0.25, 0.3) is 0 Å². The normalized spacial score (nSPS) is 23.0. The first-order chi connectivity index (χ1) is 17.0. The van der Waals surface area contributed by atoms with Gasteiger partial charge >= 0.3 is 0 Å². The summed E-state index contributed by atoms with van der Waals surface area (Å²) in [6.07, 6.45) is 2.00. The van der Waals surface area contributed by atoms with E-state index >= 15 is 0 Å². The third kappa shape index (κ3) is 5.39. The average molecular weight is 535 g/mol. The van der Waals surface area contributed by atoms with E-state index in [4.69, 9.17) is 16.3 Å². The van der Waals surface area contributed by atoms with Gasteiger partial charge in [-0.1, -0.05) is 62.8 Å². The van der Waals surface area contributed by atoms with Crippen LogP contribution < -0.4 is 5.32 Å². The van der Waals surface area contributed by atoms with Crippen molar-refractivity contribution in [2.75, 3.05) is 44.7 Å². The van der Waals surface area contributed by atoms with Gasteiger partial charge in [-0.25, -0.2) is 4.98 Å². The molecule has 0 saturated carbocycles. The van der Waals surface area contributed by atoms with Crippen LogP contribution in [0.1, 0.15) is 49.4 Å². The fourth-order valence-electron chi connectivity index (χ4n) is 4.98. The van der Waals surface area contributed by atoms with E-state index in [1.54, 1.807) is 23.2 Å². The van der Waals surface area contributed by atoms with Crippen LogP contribution in [0.2, 0.25) is 5.02 Å². The quantitative estimate of drug-likeness (QED) is 0.584. The van der Waals surface area contributed by atoms with Gasteiger partial charge in [0.05, 0.1) is 25.0 Å². The average Bonchev–Trinajstić information content (AvgIpc) is 3.33. The molecule has 2 N–H and O–H groups in total. The summed E-state index contributed by atoms with van der Waals surface area (Å²) in [6.45, 7) is 11.0. The Morgan fingerprint density at radius 1 is 1.14 bits per heavy atom. The Morgan fingerprint density at radius 2 is 1.81 bits per heavy atom. The van der Waals surface area contributed by atoms with Crippen LogP contribution in [0, 0.1) is 11.3 Å². The Hall–Kier alpha value is -2.20. The van der Waals surface area contributed by atoms with Crippen molar-refractivity contribution in [3.63, 3.8) is 0 Å². The number of nitrogens with zero attached hydrogens (tertiary/aromatic N) is 3. The van der Waals surface area contributed by atoms with Gasteiger partial charge in [0.25, 0.3) is 5.91 Å². The number of likely N-dealkylation sites (tertiary alicyclic amines) is 1. The topological polar surface area (TPSA) is 95.0 Å². The van der Waals surface area contributed by atoms with Crippen LogP contribution in [0.15, 0.2) is 30.5 Å². The molecule has 2 fully saturated rings. The fraction of sp³-hybridized carbons (Fsp3) is 0.577. The molecule has 0 bridgehead atoms. The monoisotopic (exact) mass is 534 g/mol. The number of benzene rings is 1. The lowest BCUT2D eigenvalue weighted by molar-refractivity contribution is -0.154. The minimum atomic E-state index is -1.07. The number of amides is 2. The number of morpholine rings is 1. The Morgan fingerprint density at radius 3 is 2.42 bits per heavy atom. The molecule has 2 aliphatic heterocycles. The zero-order chi connectivity index (χ0) is 26.1. The molecule has 2 amide bonds. The summed E-state index contributed by atoms with van der Waals surface area (Å²) in [7, 11) is 0. The molecule has 0 unspecified atom stereocenters. The number of hydrogen-bond donors (Lipinski definition) is 2. The molecule has 2 atom stereocenters. The van der Waals surface area contributed by atoms with E-state index in [2.05, 4.69) is 10.3 Å². The van der Waals surface area contributed by atoms with E-state index in [-0.39, 0.29) is 17.7 Å². The SMILES string of the molecule is CC(C)[C@@H](Nc1ncc(C(=O)N2CCOCC2)s1)C(=O)N1CC[C@](O)(c2ccc(Cl)cc2)C(C)(C)C1. The predicted molar refractivity (Wildman–Crippen MR) is 141 cm³/mol. The highest BCUT2D eigenvalue weighted by molar-refractivity contribution is 7.17. The van der Waals surface area contributed by atoms with Crippen LogP contribution in [-0.4, -0.2) is 77.1 Å². The highest BCUT2D eigenvalue weighted by Gasteiger charge is 2.50. The molecule has 1 aromatic heterocycles. The first-order valence-electron chi connectivity index (χ1n) is 12.4. The summed E-state index contributed by atoms with van der Waals surface area (Å²) in [4.78, 5) is 35.0. The number of aromatic nitrogens is 1. The van der Waals surface area contributed by atoms with Gasteiger partial charge in [-0.15, -0.1) is 0 Å². The van der Waals surface area contributed by atoms with E-state index in [0.717, 1.165) is 5.56 Å². The maximum absolute atomic E-state index is 13.7. The van der Waals surface area contributed by atoms with Gasteiger partial charge in [-0.05, 0) is 30.0 Å². The maximum atomic E-state index is 13.7. The van der Waals surface area contributed by atoms with Crippen LogP contribution in [0.4, 0.5) is 5.13 Å². The lowest BCUT2D eigenvalue weighted by atomic mass is 9.66. The van der Waals surface area contributed by atoms with Crippen molar-refractivity contribution in [1.82, 2.24) is 14.8 Å². The van der Waals surface area contributed by atoms with Crippen molar-refractivity contribution in [2.24, 2.45) is 11.3 Å². The molecule has 2 aromatic rings. The van der Waals surface area contributed by atoms with Crippen molar-refractivity contribution in [3.8, 4) is 0 Å². The van der Waals surface area contributed by atoms with E-state index < -0.39 is 17.1 Å². The highest BCUT2D eigenvalue weighted by Crippen LogP contribution is 2.46. The number of anilines is 1. The summed E-state index contributed by atoms with van der Waals surface area (Å²) in [5.74, 6) is -0.0944. The van der Waals surface area contributed by atoms with Crippen molar-refractivity contribution in [2.45, 2.75) is 45.8 Å². The predicted octanol–water partition coefficient (Wildman–Crippen LogP) is 3.85. The molecule has 1 aromatic carbocycles. The van der Waals surface area contributed by atoms with Crippen molar-refractivity contribution < 1.29 is 19.4 Å². The van der Waals surface area contributed by atoms with Gasteiger partial charge in [0.15, 0.2) is 5.13 Å². The smallest absolute Gasteiger partial charge is 0.265 e. The van der Waals surface area contributed by atoms with E-state index in [1.165, 1.54) is 11.3 Å².